The fraction of sp³-hybridized carbons (Fsp3) is 0.436. The SMILES string of the molecule is CCN1CCc2c(nc(C(=O)Nc3cccc(-c4cccc(NC(=O)c5nc6c(n5C)CCN(CC5CCC(C(=O)O)CC5)C6)c4Cl)c3C#N)n2C)C1. The van der Waals surface area contributed by atoms with Gasteiger partial charge < -0.3 is 24.9 Å². The van der Waals surface area contributed by atoms with Crippen LogP contribution in [0.1, 0.15) is 82.2 Å². The summed E-state index contributed by atoms with van der Waals surface area (Å²) in [6.07, 6.45) is 4.84. The summed E-state index contributed by atoms with van der Waals surface area (Å²) < 4.78 is 3.68. The Morgan fingerprint density at radius 3 is 1.98 bits per heavy atom. The van der Waals surface area contributed by atoms with Crippen molar-refractivity contribution in [3.05, 3.63) is 81.4 Å². The number of nitrogens with one attached hydrogen (secondary N) is 2. The Hall–Kier alpha value is -5.03. The van der Waals surface area contributed by atoms with Crippen molar-refractivity contribution in [3.63, 3.8) is 0 Å². The van der Waals surface area contributed by atoms with E-state index in [2.05, 4.69) is 38.4 Å². The third kappa shape index (κ3) is 7.19. The van der Waals surface area contributed by atoms with Crippen LogP contribution >= 0.6 is 11.6 Å². The van der Waals surface area contributed by atoms with E-state index >= 15 is 0 Å². The smallest absolute Gasteiger partial charge is 0.306 e. The minimum atomic E-state index is -0.691. The number of hydrogen-bond donors (Lipinski definition) is 3. The highest BCUT2D eigenvalue weighted by atomic mass is 35.5. The standard InChI is InChI=1S/C39H44ClN9O4/c1-4-48-17-15-32-30(21-48)42-35(46(32)2)37(50)44-28-9-5-7-25(27(28)19-41)26-8-6-10-29(34(26)40)45-38(51)36-43-31-22-49(18-16-33(31)47(36)3)20-23-11-13-24(14-12-23)39(52)53/h5-10,23-24H,4,11-18,20-22H2,1-3H3,(H,44,50)(H,45,51)(H,52,53). The zero-order valence-electron chi connectivity index (χ0n) is 30.3. The first-order valence-electron chi connectivity index (χ1n) is 18.3. The fourth-order valence-electron chi connectivity index (χ4n) is 8.15. The van der Waals surface area contributed by atoms with Gasteiger partial charge in [0.1, 0.15) is 6.07 Å². The van der Waals surface area contributed by atoms with Gasteiger partial charge in [0, 0.05) is 82.2 Å². The molecule has 3 N–H and O–H groups in total. The normalized spacial score (nSPS) is 18.8. The second kappa shape index (κ2) is 15.1. The van der Waals surface area contributed by atoms with Gasteiger partial charge in [0.15, 0.2) is 11.6 Å². The van der Waals surface area contributed by atoms with Crippen molar-refractivity contribution in [2.75, 3.05) is 36.8 Å². The topological polar surface area (TPSA) is 161 Å². The molecule has 0 unspecified atom stereocenters. The molecule has 4 aromatic rings. The number of fused-ring (bicyclic) bond motifs is 2. The van der Waals surface area contributed by atoms with E-state index in [-0.39, 0.29) is 28.2 Å². The minimum absolute atomic E-state index is 0.230. The van der Waals surface area contributed by atoms with Gasteiger partial charge in [0.05, 0.1) is 39.3 Å². The summed E-state index contributed by atoms with van der Waals surface area (Å²) in [7, 11) is 3.69. The number of nitrogens with zero attached hydrogens (tertiary/aromatic N) is 7. The Labute approximate surface area is 313 Å². The number of nitriles is 1. The maximum Gasteiger partial charge on any atom is 0.306 e. The number of anilines is 2. The molecule has 276 valence electrons. The number of carboxylic acid groups (broad SMARTS) is 1. The number of likely N-dealkylation sites (N-methyl/N-ethyl adjacent to an activating group) is 1. The highest BCUT2D eigenvalue weighted by Crippen LogP contribution is 2.38. The molecule has 1 saturated carbocycles. The molecule has 2 aliphatic heterocycles. The molecule has 14 heteroatoms. The van der Waals surface area contributed by atoms with Gasteiger partial charge in [-0.25, -0.2) is 9.97 Å². The van der Waals surface area contributed by atoms with Crippen LogP contribution in [-0.2, 0) is 44.8 Å². The number of aliphatic carboxylic acids is 1. The highest BCUT2D eigenvalue weighted by Gasteiger charge is 2.31. The van der Waals surface area contributed by atoms with Crippen molar-refractivity contribution in [1.29, 1.82) is 5.26 Å². The fourth-order valence-corrected chi connectivity index (χ4v) is 8.42. The van der Waals surface area contributed by atoms with Crippen LogP contribution in [-0.4, -0.2) is 78.0 Å². The molecule has 2 aromatic heterocycles. The van der Waals surface area contributed by atoms with E-state index in [4.69, 9.17) is 16.6 Å². The predicted molar refractivity (Wildman–Crippen MR) is 201 cm³/mol. The number of imidazole rings is 2. The summed E-state index contributed by atoms with van der Waals surface area (Å²) in [5.74, 6) is -0.704. The molecule has 0 spiro atoms. The second-order valence-electron chi connectivity index (χ2n) is 14.4. The molecule has 4 heterocycles. The van der Waals surface area contributed by atoms with Crippen LogP contribution in [0.5, 0.6) is 0 Å². The number of benzene rings is 2. The van der Waals surface area contributed by atoms with Crippen molar-refractivity contribution in [2.24, 2.45) is 25.9 Å². The lowest BCUT2D eigenvalue weighted by Gasteiger charge is -2.33. The maximum atomic E-state index is 13.7. The molecular formula is C39H44ClN9O4. The Morgan fingerprint density at radius 2 is 1.40 bits per heavy atom. The molecule has 0 bridgehead atoms. The van der Waals surface area contributed by atoms with Gasteiger partial charge in [-0.05, 0) is 50.3 Å². The quantitative estimate of drug-likeness (QED) is 0.202. The maximum absolute atomic E-state index is 13.7. The summed E-state index contributed by atoms with van der Waals surface area (Å²) in [5.41, 5.74) is 5.79. The lowest BCUT2D eigenvalue weighted by atomic mass is 9.81. The van der Waals surface area contributed by atoms with Gasteiger partial charge in [-0.15, -0.1) is 0 Å². The van der Waals surface area contributed by atoms with Crippen LogP contribution < -0.4 is 10.6 Å². The third-order valence-electron chi connectivity index (χ3n) is 11.2. The molecule has 3 aliphatic rings. The largest absolute Gasteiger partial charge is 0.481 e. The number of amides is 2. The molecule has 7 rings (SSSR count). The number of halogens is 1. The average Bonchev–Trinajstić information content (AvgIpc) is 3.67. The lowest BCUT2D eigenvalue weighted by Crippen LogP contribution is -2.36. The van der Waals surface area contributed by atoms with Crippen molar-refractivity contribution in [2.45, 2.75) is 58.5 Å². The average molecular weight is 738 g/mol. The molecule has 2 amide bonds. The lowest BCUT2D eigenvalue weighted by molar-refractivity contribution is -0.143. The zero-order chi connectivity index (χ0) is 37.4. The number of hydrogen-bond acceptors (Lipinski definition) is 8. The van der Waals surface area contributed by atoms with Gasteiger partial charge in [-0.1, -0.05) is 42.8 Å². The summed E-state index contributed by atoms with van der Waals surface area (Å²) in [6.45, 7) is 7.00. The van der Waals surface area contributed by atoms with Crippen molar-refractivity contribution < 1.29 is 19.5 Å². The number of carboxylic acids is 1. The molecular weight excluding hydrogens is 694 g/mol. The van der Waals surface area contributed by atoms with E-state index in [1.165, 1.54) is 0 Å². The van der Waals surface area contributed by atoms with Gasteiger partial charge in [0.25, 0.3) is 11.8 Å². The van der Waals surface area contributed by atoms with E-state index in [9.17, 15) is 24.8 Å². The molecule has 2 aromatic carbocycles. The van der Waals surface area contributed by atoms with E-state index in [0.717, 1.165) is 87.5 Å². The summed E-state index contributed by atoms with van der Waals surface area (Å²) in [4.78, 5) is 52.6. The van der Waals surface area contributed by atoms with Crippen molar-refractivity contribution in [3.8, 4) is 17.2 Å². The first kappa shape index (κ1) is 36.3. The Morgan fingerprint density at radius 1 is 0.849 bits per heavy atom. The molecule has 13 nitrogen and oxygen atoms in total. The van der Waals surface area contributed by atoms with Crippen LogP contribution in [0.15, 0.2) is 36.4 Å². The molecule has 0 saturated heterocycles. The van der Waals surface area contributed by atoms with E-state index < -0.39 is 17.8 Å². The first-order chi connectivity index (χ1) is 25.6. The molecule has 53 heavy (non-hydrogen) atoms. The van der Waals surface area contributed by atoms with Crippen molar-refractivity contribution >= 4 is 40.8 Å². The predicted octanol–water partition coefficient (Wildman–Crippen LogP) is 5.48. The summed E-state index contributed by atoms with van der Waals surface area (Å²) in [5, 5.41) is 25.8. The monoisotopic (exact) mass is 737 g/mol. The van der Waals surface area contributed by atoms with Gasteiger partial charge in [0.2, 0.25) is 0 Å². The van der Waals surface area contributed by atoms with Crippen molar-refractivity contribution in [1.82, 2.24) is 28.9 Å². The van der Waals surface area contributed by atoms with Crippen LogP contribution in [0.2, 0.25) is 5.02 Å². The van der Waals surface area contributed by atoms with E-state index in [0.29, 0.717) is 41.5 Å². The van der Waals surface area contributed by atoms with E-state index in [1.54, 1.807) is 36.4 Å². The Bertz CT molecular complexity index is 2120. The van der Waals surface area contributed by atoms with Gasteiger partial charge in [-0.2, -0.15) is 5.26 Å². The van der Waals surface area contributed by atoms with Gasteiger partial charge in [-0.3, -0.25) is 24.2 Å². The number of carbonyl (C=O) groups is 3. The zero-order valence-corrected chi connectivity index (χ0v) is 31.0. The highest BCUT2D eigenvalue weighted by molar-refractivity contribution is 6.36. The van der Waals surface area contributed by atoms with Crippen LogP contribution in [0.4, 0.5) is 11.4 Å². The molecule has 1 aliphatic carbocycles. The number of rotatable bonds is 9. The molecule has 1 fully saturated rings. The number of aromatic nitrogens is 4. The second-order valence-corrected chi connectivity index (χ2v) is 14.7. The summed E-state index contributed by atoms with van der Waals surface area (Å²) >= 11 is 6.94. The van der Waals surface area contributed by atoms with Gasteiger partial charge >= 0.3 is 5.97 Å². The van der Waals surface area contributed by atoms with Crippen LogP contribution in [0.25, 0.3) is 11.1 Å². The number of carbonyl (C=O) groups excluding carboxylic acids is 2. The third-order valence-corrected chi connectivity index (χ3v) is 11.6. The van der Waals surface area contributed by atoms with E-state index in [1.807, 2.05) is 23.2 Å². The minimum Gasteiger partial charge on any atom is -0.481 e. The molecule has 0 radical (unpaired) electrons. The molecule has 0 atom stereocenters. The summed E-state index contributed by atoms with van der Waals surface area (Å²) in [6, 6.07) is 12.7. The van der Waals surface area contributed by atoms with Crippen LogP contribution in [0.3, 0.4) is 0 Å². The van der Waals surface area contributed by atoms with Crippen LogP contribution in [0, 0.1) is 23.2 Å². The Kier molecular flexibility index (Phi) is 10.4. The Balaban J connectivity index is 1.06. The first-order valence-corrected chi connectivity index (χ1v) is 18.6.